The number of carbonyl (C=O) groups is 1. The molecule has 31 heavy (non-hydrogen) atoms. The van der Waals surface area contributed by atoms with Crippen LogP contribution in [0.3, 0.4) is 0 Å². The van der Waals surface area contributed by atoms with Gasteiger partial charge >= 0.3 is 0 Å². The van der Waals surface area contributed by atoms with E-state index in [0.717, 1.165) is 37.4 Å². The third-order valence-corrected chi connectivity index (χ3v) is 8.63. The molecule has 0 bridgehead atoms. The van der Waals surface area contributed by atoms with Crippen LogP contribution < -0.4 is 9.62 Å². The maximum atomic E-state index is 13.1. The Morgan fingerprint density at radius 2 is 1.97 bits per heavy atom. The molecule has 1 fully saturated rings. The predicted octanol–water partition coefficient (Wildman–Crippen LogP) is 2.31. The number of hydrogen-bond acceptors (Lipinski definition) is 6. The number of nitrogens with one attached hydrogen (secondary N) is 1. The summed E-state index contributed by atoms with van der Waals surface area (Å²) in [7, 11) is -1.55. The number of rotatable bonds is 6. The van der Waals surface area contributed by atoms with E-state index in [0.29, 0.717) is 13.0 Å². The van der Waals surface area contributed by atoms with Crippen molar-refractivity contribution in [2.45, 2.75) is 37.2 Å². The standard InChI is InChI=1S/C22H30N4O3S2/c1-16-13-18-14-19(6-7-20(18)26(16)17(2)27)31(28,29)23-15-21(22-5-4-12-30-22)25-10-8-24(3)9-11-25/h4-7,12,14,16,21,23H,8-11,13,15H2,1-3H3/t16-,21-/m1/s1. The molecule has 4 rings (SSSR count). The van der Waals surface area contributed by atoms with Crippen molar-refractivity contribution in [2.24, 2.45) is 0 Å². The second-order valence-corrected chi connectivity index (χ2v) is 11.2. The Morgan fingerprint density at radius 3 is 2.61 bits per heavy atom. The highest BCUT2D eigenvalue weighted by atomic mass is 32.2. The summed E-state index contributed by atoms with van der Waals surface area (Å²) in [6.07, 6.45) is 0.664. The number of thiophene rings is 1. The van der Waals surface area contributed by atoms with Gasteiger partial charge in [-0.05, 0) is 55.6 Å². The van der Waals surface area contributed by atoms with Gasteiger partial charge in [-0.25, -0.2) is 13.1 Å². The van der Waals surface area contributed by atoms with Crippen LogP contribution in [-0.4, -0.2) is 69.9 Å². The van der Waals surface area contributed by atoms with E-state index in [2.05, 4.69) is 27.6 Å². The lowest BCUT2D eigenvalue weighted by Crippen LogP contribution is -2.48. The third-order valence-electron chi connectivity index (χ3n) is 6.23. The van der Waals surface area contributed by atoms with Gasteiger partial charge in [0.2, 0.25) is 15.9 Å². The molecule has 1 aromatic heterocycles. The second-order valence-electron chi connectivity index (χ2n) is 8.46. The molecule has 9 heteroatoms. The summed E-state index contributed by atoms with van der Waals surface area (Å²) in [4.78, 5) is 19.8. The number of hydrogen-bond donors (Lipinski definition) is 1. The molecule has 0 aliphatic carbocycles. The van der Waals surface area contributed by atoms with Crippen molar-refractivity contribution in [3.63, 3.8) is 0 Å². The summed E-state index contributed by atoms with van der Waals surface area (Å²) in [6, 6.07) is 9.23. The van der Waals surface area contributed by atoms with Gasteiger partial charge in [-0.1, -0.05) is 6.07 Å². The van der Waals surface area contributed by atoms with E-state index in [9.17, 15) is 13.2 Å². The van der Waals surface area contributed by atoms with Gasteiger partial charge in [-0.2, -0.15) is 0 Å². The number of piperazine rings is 1. The molecule has 2 aromatic rings. The lowest BCUT2D eigenvalue weighted by Gasteiger charge is -2.37. The topological polar surface area (TPSA) is 73.0 Å². The zero-order chi connectivity index (χ0) is 22.2. The lowest BCUT2D eigenvalue weighted by atomic mass is 10.1. The number of amides is 1. The van der Waals surface area contributed by atoms with E-state index in [1.165, 1.54) is 4.88 Å². The summed E-state index contributed by atoms with van der Waals surface area (Å²) in [5, 5.41) is 2.04. The first-order valence-corrected chi connectivity index (χ1v) is 13.0. The van der Waals surface area contributed by atoms with Crippen molar-refractivity contribution in [3.05, 3.63) is 46.2 Å². The number of nitrogens with zero attached hydrogens (tertiary/aromatic N) is 3. The highest BCUT2D eigenvalue weighted by Gasteiger charge is 2.31. The van der Waals surface area contributed by atoms with Crippen molar-refractivity contribution in [2.75, 3.05) is 44.7 Å². The largest absolute Gasteiger partial charge is 0.309 e. The summed E-state index contributed by atoms with van der Waals surface area (Å²) in [6.45, 7) is 7.64. The van der Waals surface area contributed by atoms with Crippen molar-refractivity contribution >= 4 is 33.0 Å². The first-order chi connectivity index (χ1) is 14.8. The lowest BCUT2D eigenvalue weighted by molar-refractivity contribution is -0.116. The van der Waals surface area contributed by atoms with Gasteiger partial charge in [0.15, 0.2) is 0 Å². The minimum atomic E-state index is -3.66. The van der Waals surface area contributed by atoms with Crippen molar-refractivity contribution < 1.29 is 13.2 Å². The third kappa shape index (κ3) is 4.70. The normalized spacial score (nSPS) is 21.3. The molecule has 1 aromatic carbocycles. The fourth-order valence-electron chi connectivity index (χ4n) is 4.55. The summed E-state index contributed by atoms with van der Waals surface area (Å²) in [5.41, 5.74) is 1.72. The molecular formula is C22H30N4O3S2. The highest BCUT2D eigenvalue weighted by Crippen LogP contribution is 2.34. The quantitative estimate of drug-likeness (QED) is 0.713. The monoisotopic (exact) mass is 462 g/mol. The van der Waals surface area contributed by atoms with Gasteiger partial charge in [0, 0.05) is 56.3 Å². The zero-order valence-corrected chi connectivity index (χ0v) is 19.9. The van der Waals surface area contributed by atoms with Gasteiger partial charge in [-0.15, -0.1) is 11.3 Å². The molecule has 2 aliphatic heterocycles. The molecule has 0 saturated carbocycles. The van der Waals surface area contributed by atoms with Crippen LogP contribution >= 0.6 is 11.3 Å². The summed E-state index contributed by atoms with van der Waals surface area (Å²) < 4.78 is 29.1. The van der Waals surface area contributed by atoms with Gasteiger partial charge in [0.25, 0.3) is 0 Å². The first kappa shape index (κ1) is 22.4. The molecule has 0 spiro atoms. The molecule has 3 heterocycles. The van der Waals surface area contributed by atoms with Crippen LogP contribution in [0.1, 0.15) is 30.3 Å². The van der Waals surface area contributed by atoms with Crippen molar-refractivity contribution in [1.82, 2.24) is 14.5 Å². The average Bonchev–Trinajstić information content (AvgIpc) is 3.35. The van der Waals surface area contributed by atoms with Crippen LogP contribution in [0.25, 0.3) is 0 Å². The van der Waals surface area contributed by atoms with Crippen LogP contribution in [0, 0.1) is 0 Å². The SMILES string of the molecule is CC(=O)N1c2ccc(S(=O)(=O)NC[C@H](c3cccs3)N3CCN(C)CC3)cc2C[C@H]1C. The maximum absolute atomic E-state index is 13.1. The predicted molar refractivity (Wildman–Crippen MR) is 124 cm³/mol. The molecule has 168 valence electrons. The molecule has 2 aliphatic rings. The average molecular weight is 463 g/mol. The molecule has 0 unspecified atom stereocenters. The molecule has 7 nitrogen and oxygen atoms in total. The Balaban J connectivity index is 1.52. The Hall–Kier alpha value is -1.78. The second kappa shape index (κ2) is 8.99. The van der Waals surface area contributed by atoms with E-state index in [1.807, 2.05) is 18.4 Å². The van der Waals surface area contributed by atoms with Crippen LogP contribution in [0.4, 0.5) is 5.69 Å². The van der Waals surface area contributed by atoms with Crippen LogP contribution in [0.5, 0.6) is 0 Å². The van der Waals surface area contributed by atoms with Gasteiger partial charge in [0.05, 0.1) is 10.9 Å². The number of anilines is 1. The van der Waals surface area contributed by atoms with E-state index >= 15 is 0 Å². The summed E-state index contributed by atoms with van der Waals surface area (Å²) in [5.74, 6) is -0.0223. The molecule has 2 atom stereocenters. The number of carbonyl (C=O) groups excluding carboxylic acids is 1. The first-order valence-electron chi connectivity index (χ1n) is 10.6. The van der Waals surface area contributed by atoms with E-state index < -0.39 is 10.0 Å². The van der Waals surface area contributed by atoms with Crippen LogP contribution in [-0.2, 0) is 21.2 Å². The van der Waals surface area contributed by atoms with Gasteiger partial charge in [0.1, 0.15) is 0 Å². The van der Waals surface area contributed by atoms with E-state index in [4.69, 9.17) is 0 Å². The van der Waals surface area contributed by atoms with Crippen LogP contribution in [0.15, 0.2) is 40.6 Å². The fourth-order valence-corrected chi connectivity index (χ4v) is 6.50. The van der Waals surface area contributed by atoms with E-state index in [-0.39, 0.29) is 22.9 Å². The van der Waals surface area contributed by atoms with Gasteiger partial charge in [-0.3, -0.25) is 9.69 Å². The molecule has 0 radical (unpaired) electrons. The summed E-state index contributed by atoms with van der Waals surface area (Å²) >= 11 is 1.66. The Bertz CT molecular complexity index is 1030. The number of sulfonamides is 1. The Labute approximate surface area is 188 Å². The number of likely N-dealkylation sites (N-methyl/N-ethyl adjacent to an activating group) is 1. The highest BCUT2D eigenvalue weighted by molar-refractivity contribution is 7.89. The molecule has 1 amide bonds. The number of benzene rings is 1. The maximum Gasteiger partial charge on any atom is 0.240 e. The minimum absolute atomic E-state index is 0.0196. The smallest absolute Gasteiger partial charge is 0.240 e. The van der Waals surface area contributed by atoms with Crippen LogP contribution in [0.2, 0.25) is 0 Å². The zero-order valence-electron chi connectivity index (χ0n) is 18.2. The Morgan fingerprint density at radius 1 is 1.23 bits per heavy atom. The molecular weight excluding hydrogens is 432 g/mol. The van der Waals surface area contributed by atoms with E-state index in [1.54, 1.807) is 41.4 Å². The van der Waals surface area contributed by atoms with Crippen molar-refractivity contribution in [3.8, 4) is 0 Å². The number of fused-ring (bicyclic) bond motifs is 1. The fraction of sp³-hybridized carbons (Fsp3) is 0.500. The molecule has 1 N–H and O–H groups in total. The van der Waals surface area contributed by atoms with Crippen molar-refractivity contribution in [1.29, 1.82) is 0 Å². The molecule has 1 saturated heterocycles. The minimum Gasteiger partial charge on any atom is -0.309 e. The van der Waals surface area contributed by atoms with Gasteiger partial charge < -0.3 is 9.80 Å². The Kier molecular flexibility index (Phi) is 6.50.